The molecule has 0 aliphatic carbocycles. The molecule has 0 spiro atoms. The molecule has 2 rings (SSSR count). The Hall–Kier alpha value is -2.90. The average molecular weight is 414 g/mol. The lowest BCUT2D eigenvalue weighted by Gasteiger charge is -2.29. The molecule has 0 bridgehead atoms. The smallest absolute Gasteiger partial charge is 0.427 e. The Morgan fingerprint density at radius 3 is 2.13 bits per heavy atom. The van der Waals surface area contributed by atoms with Gasteiger partial charge < -0.3 is 14.4 Å². The zero-order valence-corrected chi connectivity index (χ0v) is 18.1. The Morgan fingerprint density at radius 1 is 0.967 bits per heavy atom. The van der Waals surface area contributed by atoms with Gasteiger partial charge in [0.25, 0.3) is 0 Å². The number of amides is 1. The van der Waals surface area contributed by atoms with Crippen LogP contribution in [0.4, 0.5) is 4.79 Å². The molecule has 1 unspecified atom stereocenters. The molecule has 0 aromatic heterocycles. The van der Waals surface area contributed by atoms with Gasteiger partial charge in [0.15, 0.2) is 0 Å². The van der Waals surface area contributed by atoms with Crippen molar-refractivity contribution in [2.45, 2.75) is 26.2 Å². The van der Waals surface area contributed by atoms with Gasteiger partial charge in [0.2, 0.25) is 0 Å². The van der Waals surface area contributed by atoms with Gasteiger partial charge in [-0.3, -0.25) is 10.2 Å². The van der Waals surface area contributed by atoms with Crippen molar-refractivity contribution in [3.05, 3.63) is 65.7 Å². The van der Waals surface area contributed by atoms with E-state index in [0.29, 0.717) is 18.9 Å². The van der Waals surface area contributed by atoms with E-state index in [1.165, 1.54) is 0 Å². The Morgan fingerprint density at radius 2 is 1.57 bits per heavy atom. The zero-order chi connectivity index (χ0) is 22.0. The maximum absolute atomic E-state index is 13.2. The molecule has 0 fully saturated rings. The number of ether oxygens (including phenoxy) is 2. The van der Waals surface area contributed by atoms with Gasteiger partial charge in [0.05, 0.1) is 0 Å². The summed E-state index contributed by atoms with van der Waals surface area (Å²) in [6.45, 7) is 8.86. The SMILES string of the molecule is CCN(CC)CCOC(=O)C(C)(c1ccccc1)c1ccc(OC(=O)NNC)cc1. The van der Waals surface area contributed by atoms with E-state index in [-0.39, 0.29) is 5.97 Å². The molecule has 0 saturated carbocycles. The van der Waals surface area contributed by atoms with E-state index in [4.69, 9.17) is 9.47 Å². The molecule has 162 valence electrons. The standard InChI is InChI=1S/C23H31N3O4/c1-5-26(6-2)16-17-29-21(27)23(3,18-10-8-7-9-11-18)19-12-14-20(15-13-19)30-22(28)25-24-4/h7-15,24H,5-6,16-17H2,1-4H3,(H,25,28). The summed E-state index contributed by atoms with van der Waals surface area (Å²) in [5.41, 5.74) is 5.44. The molecular weight excluding hydrogens is 382 g/mol. The first-order valence-electron chi connectivity index (χ1n) is 10.2. The zero-order valence-electron chi connectivity index (χ0n) is 18.1. The third kappa shape index (κ3) is 5.81. The van der Waals surface area contributed by atoms with Crippen LogP contribution in [0.2, 0.25) is 0 Å². The summed E-state index contributed by atoms with van der Waals surface area (Å²) in [4.78, 5) is 27.0. The number of hydrazine groups is 1. The first kappa shape index (κ1) is 23.4. The van der Waals surface area contributed by atoms with Gasteiger partial charge in [-0.2, -0.15) is 0 Å². The number of likely N-dealkylation sites (N-methyl/N-ethyl adjacent to an activating group) is 1. The van der Waals surface area contributed by atoms with Crippen molar-refractivity contribution in [2.75, 3.05) is 33.3 Å². The van der Waals surface area contributed by atoms with E-state index in [1.54, 1.807) is 31.3 Å². The van der Waals surface area contributed by atoms with E-state index in [0.717, 1.165) is 24.2 Å². The van der Waals surface area contributed by atoms with Crippen LogP contribution in [-0.2, 0) is 14.9 Å². The molecule has 1 atom stereocenters. The molecule has 7 heteroatoms. The van der Waals surface area contributed by atoms with Gasteiger partial charge in [0, 0.05) is 13.6 Å². The highest BCUT2D eigenvalue weighted by Gasteiger charge is 2.38. The molecule has 2 aromatic rings. The van der Waals surface area contributed by atoms with E-state index in [9.17, 15) is 9.59 Å². The largest absolute Gasteiger partial charge is 0.463 e. The summed E-state index contributed by atoms with van der Waals surface area (Å²) in [5.74, 6) is 0.0549. The van der Waals surface area contributed by atoms with Crippen molar-refractivity contribution in [3.63, 3.8) is 0 Å². The number of rotatable bonds is 10. The molecule has 1 amide bonds. The maximum atomic E-state index is 13.2. The lowest BCUT2D eigenvalue weighted by Crippen LogP contribution is -2.38. The molecule has 2 N–H and O–H groups in total. The number of hydrogen-bond acceptors (Lipinski definition) is 6. The normalized spacial score (nSPS) is 12.8. The van der Waals surface area contributed by atoms with Gasteiger partial charge in [-0.15, -0.1) is 0 Å². The summed E-state index contributed by atoms with van der Waals surface area (Å²) >= 11 is 0. The molecule has 30 heavy (non-hydrogen) atoms. The van der Waals surface area contributed by atoms with Crippen LogP contribution in [0.25, 0.3) is 0 Å². The fourth-order valence-electron chi connectivity index (χ4n) is 3.22. The highest BCUT2D eigenvalue weighted by molar-refractivity contribution is 5.87. The molecular formula is C23H31N3O4. The molecule has 0 aliphatic rings. The number of carbonyl (C=O) groups excluding carboxylic acids is 2. The summed E-state index contributed by atoms with van der Waals surface area (Å²) < 4.78 is 10.9. The maximum Gasteiger partial charge on any atom is 0.427 e. The third-order valence-corrected chi connectivity index (χ3v) is 5.16. The predicted molar refractivity (Wildman–Crippen MR) is 116 cm³/mol. The summed E-state index contributed by atoms with van der Waals surface area (Å²) in [7, 11) is 1.57. The van der Waals surface area contributed by atoms with Gasteiger partial charge in [0.1, 0.15) is 17.8 Å². The third-order valence-electron chi connectivity index (χ3n) is 5.16. The van der Waals surface area contributed by atoms with Crippen LogP contribution in [0.15, 0.2) is 54.6 Å². The van der Waals surface area contributed by atoms with Gasteiger partial charge >= 0.3 is 12.1 Å². The highest BCUT2D eigenvalue weighted by atomic mass is 16.6. The number of benzene rings is 2. The number of nitrogens with zero attached hydrogens (tertiary/aromatic N) is 1. The van der Waals surface area contributed by atoms with Crippen molar-refractivity contribution in [2.24, 2.45) is 0 Å². The topological polar surface area (TPSA) is 79.9 Å². The van der Waals surface area contributed by atoms with Gasteiger partial charge in [-0.05, 0) is 43.3 Å². The van der Waals surface area contributed by atoms with Crippen molar-refractivity contribution in [3.8, 4) is 5.75 Å². The Kier molecular flexibility index (Phi) is 8.83. The van der Waals surface area contributed by atoms with Crippen molar-refractivity contribution in [1.82, 2.24) is 15.8 Å². The molecule has 0 heterocycles. The first-order chi connectivity index (χ1) is 14.4. The van der Waals surface area contributed by atoms with Crippen LogP contribution >= 0.6 is 0 Å². The monoisotopic (exact) mass is 413 g/mol. The number of esters is 1. The van der Waals surface area contributed by atoms with Crippen molar-refractivity contribution < 1.29 is 19.1 Å². The summed E-state index contributed by atoms with van der Waals surface area (Å²) in [6, 6.07) is 16.4. The van der Waals surface area contributed by atoms with Crippen LogP contribution in [-0.4, -0.2) is 50.3 Å². The van der Waals surface area contributed by atoms with E-state index in [2.05, 4.69) is 29.6 Å². The van der Waals surface area contributed by atoms with E-state index >= 15 is 0 Å². The van der Waals surface area contributed by atoms with Crippen LogP contribution in [0.3, 0.4) is 0 Å². The predicted octanol–water partition coefficient (Wildman–Crippen LogP) is 3.10. The molecule has 0 aliphatic heterocycles. The lowest BCUT2D eigenvalue weighted by molar-refractivity contribution is -0.148. The molecule has 0 saturated heterocycles. The highest BCUT2D eigenvalue weighted by Crippen LogP contribution is 2.34. The van der Waals surface area contributed by atoms with Crippen molar-refractivity contribution >= 4 is 12.1 Å². The van der Waals surface area contributed by atoms with Gasteiger partial charge in [-0.25, -0.2) is 10.2 Å². The first-order valence-corrected chi connectivity index (χ1v) is 10.2. The minimum atomic E-state index is -0.990. The van der Waals surface area contributed by atoms with Crippen LogP contribution < -0.4 is 15.6 Å². The summed E-state index contributed by atoms with van der Waals surface area (Å²) in [6.07, 6.45) is -0.619. The fraction of sp³-hybridized carbons (Fsp3) is 0.391. The van der Waals surface area contributed by atoms with Crippen LogP contribution in [0, 0.1) is 0 Å². The molecule has 0 radical (unpaired) electrons. The second-order valence-electron chi connectivity index (χ2n) is 6.94. The summed E-state index contributed by atoms with van der Waals surface area (Å²) in [5, 5.41) is 0. The number of nitrogens with one attached hydrogen (secondary N) is 2. The van der Waals surface area contributed by atoms with E-state index in [1.807, 2.05) is 37.3 Å². The van der Waals surface area contributed by atoms with Crippen LogP contribution in [0.5, 0.6) is 5.75 Å². The fourth-order valence-corrected chi connectivity index (χ4v) is 3.22. The average Bonchev–Trinajstić information content (AvgIpc) is 2.77. The van der Waals surface area contributed by atoms with Crippen LogP contribution in [0.1, 0.15) is 31.9 Å². The van der Waals surface area contributed by atoms with E-state index < -0.39 is 11.5 Å². The Labute approximate surface area is 178 Å². The Bertz CT molecular complexity index is 807. The van der Waals surface area contributed by atoms with Gasteiger partial charge in [-0.1, -0.05) is 56.3 Å². The molecule has 2 aromatic carbocycles. The lowest BCUT2D eigenvalue weighted by atomic mass is 9.76. The second-order valence-corrected chi connectivity index (χ2v) is 6.94. The molecule has 7 nitrogen and oxygen atoms in total. The number of carbonyl (C=O) groups is 2. The van der Waals surface area contributed by atoms with Crippen molar-refractivity contribution in [1.29, 1.82) is 0 Å². The Balaban J connectivity index is 2.24. The number of hydrogen-bond donors (Lipinski definition) is 2. The quantitative estimate of drug-likeness (QED) is 0.460. The minimum absolute atomic E-state index is 0.317. The minimum Gasteiger partial charge on any atom is -0.463 e. The second kappa shape index (κ2) is 11.3.